The molecule has 0 bridgehead atoms. The smallest absolute Gasteiger partial charge is 0.320 e. The molecule has 0 saturated heterocycles. The van der Waals surface area contributed by atoms with Crippen LogP contribution in [0.4, 0.5) is 10.6 Å². The first-order valence-electron chi connectivity index (χ1n) is 6.73. The van der Waals surface area contributed by atoms with Gasteiger partial charge in [0.1, 0.15) is 5.82 Å². The summed E-state index contributed by atoms with van der Waals surface area (Å²) in [7, 11) is 0. The Morgan fingerprint density at radius 1 is 1.47 bits per heavy atom. The Bertz CT molecular complexity index is 403. The molecule has 5 nitrogen and oxygen atoms in total. The minimum atomic E-state index is -0.168. The number of hydrogen-bond acceptors (Lipinski definition) is 3. The number of urea groups is 1. The quantitative estimate of drug-likeness (QED) is 0.757. The molecule has 0 radical (unpaired) electrons. The van der Waals surface area contributed by atoms with Crippen molar-refractivity contribution < 1.29 is 4.79 Å². The Morgan fingerprint density at radius 3 is 2.84 bits per heavy atom. The Kier molecular flexibility index (Phi) is 6.77. The lowest BCUT2D eigenvalue weighted by molar-refractivity contribution is 0.252. The Labute approximate surface area is 119 Å². The van der Waals surface area contributed by atoms with E-state index in [0.717, 1.165) is 23.0 Å². The van der Waals surface area contributed by atoms with Gasteiger partial charge in [0.05, 0.1) is 5.69 Å². The predicted octanol–water partition coefficient (Wildman–Crippen LogP) is 3.04. The molecular weight excluding hydrogens is 260 g/mol. The van der Waals surface area contributed by atoms with Crippen LogP contribution in [0.3, 0.4) is 0 Å². The number of anilines is 1. The molecule has 1 heterocycles. The lowest BCUT2D eigenvalue weighted by atomic mass is 10.4. The molecule has 1 aromatic heterocycles. The van der Waals surface area contributed by atoms with E-state index in [4.69, 9.17) is 0 Å². The number of carbonyl (C=O) groups is 1. The first kappa shape index (κ1) is 15.9. The monoisotopic (exact) mass is 284 g/mol. The van der Waals surface area contributed by atoms with Gasteiger partial charge in [-0.15, -0.1) is 0 Å². The van der Waals surface area contributed by atoms with E-state index >= 15 is 0 Å². The van der Waals surface area contributed by atoms with E-state index in [2.05, 4.69) is 22.7 Å². The van der Waals surface area contributed by atoms with Crippen LogP contribution in [0.2, 0.25) is 0 Å². The highest BCUT2D eigenvalue weighted by atomic mass is 32.2. The molecule has 19 heavy (non-hydrogen) atoms. The van der Waals surface area contributed by atoms with Crippen molar-refractivity contribution in [3.8, 4) is 0 Å². The summed E-state index contributed by atoms with van der Waals surface area (Å²) in [6, 6.07) is 1.94. The minimum Gasteiger partial charge on any atom is -0.337 e. The van der Waals surface area contributed by atoms with Crippen molar-refractivity contribution in [1.29, 1.82) is 0 Å². The van der Waals surface area contributed by atoms with Gasteiger partial charge in [0.25, 0.3) is 0 Å². The number of aryl methyl sites for hydroxylation is 1. The third kappa shape index (κ3) is 5.55. The molecule has 0 aliphatic carbocycles. The summed E-state index contributed by atoms with van der Waals surface area (Å²) in [5, 5.41) is 10.1. The second kappa shape index (κ2) is 8.09. The van der Waals surface area contributed by atoms with Crippen molar-refractivity contribution in [2.75, 3.05) is 23.4 Å². The molecule has 2 N–H and O–H groups in total. The van der Waals surface area contributed by atoms with Gasteiger partial charge in [0.2, 0.25) is 0 Å². The van der Waals surface area contributed by atoms with E-state index in [0.29, 0.717) is 6.54 Å². The number of carbonyl (C=O) groups excluding carboxylic acids is 1. The van der Waals surface area contributed by atoms with Crippen LogP contribution in [0, 0.1) is 6.92 Å². The van der Waals surface area contributed by atoms with Crippen LogP contribution in [-0.4, -0.2) is 33.9 Å². The lowest BCUT2D eigenvalue weighted by Gasteiger charge is -2.12. The van der Waals surface area contributed by atoms with Crippen molar-refractivity contribution in [3.05, 3.63) is 11.8 Å². The fourth-order valence-corrected chi connectivity index (χ4v) is 2.39. The first-order chi connectivity index (χ1) is 9.04. The van der Waals surface area contributed by atoms with Gasteiger partial charge in [-0.2, -0.15) is 16.9 Å². The first-order valence-corrected chi connectivity index (χ1v) is 7.88. The SMILES string of the molecule is CCCSCCNC(=O)Nc1cc(C)nn1C(C)C. The molecule has 108 valence electrons. The van der Waals surface area contributed by atoms with Crippen molar-refractivity contribution in [1.82, 2.24) is 15.1 Å². The second-order valence-corrected chi connectivity index (χ2v) is 5.93. The average Bonchev–Trinajstić information content (AvgIpc) is 2.70. The van der Waals surface area contributed by atoms with E-state index in [1.54, 1.807) is 0 Å². The number of hydrogen-bond donors (Lipinski definition) is 2. The van der Waals surface area contributed by atoms with Crippen molar-refractivity contribution >= 4 is 23.6 Å². The molecule has 0 saturated carbocycles. The van der Waals surface area contributed by atoms with Gasteiger partial charge >= 0.3 is 6.03 Å². The summed E-state index contributed by atoms with van der Waals surface area (Å²) in [6.07, 6.45) is 1.17. The standard InChI is InChI=1S/C13H24N4OS/c1-5-7-19-8-6-14-13(18)15-12-9-11(4)16-17(12)10(2)3/h9-10H,5-8H2,1-4H3,(H2,14,15,18). The van der Waals surface area contributed by atoms with Gasteiger partial charge in [0.15, 0.2) is 0 Å². The molecule has 1 rings (SSSR count). The summed E-state index contributed by atoms with van der Waals surface area (Å²) < 4.78 is 1.82. The molecule has 0 atom stereocenters. The average molecular weight is 284 g/mol. The van der Waals surface area contributed by atoms with Crippen LogP contribution in [0.1, 0.15) is 38.9 Å². The zero-order chi connectivity index (χ0) is 14.3. The van der Waals surface area contributed by atoms with E-state index in [-0.39, 0.29) is 12.1 Å². The van der Waals surface area contributed by atoms with Crippen molar-refractivity contribution in [2.45, 2.75) is 40.2 Å². The Morgan fingerprint density at radius 2 is 2.21 bits per heavy atom. The molecule has 0 spiro atoms. The number of rotatable bonds is 7. The van der Waals surface area contributed by atoms with Crippen LogP contribution < -0.4 is 10.6 Å². The fourth-order valence-electron chi connectivity index (χ4n) is 1.65. The molecule has 1 aromatic rings. The number of thioether (sulfide) groups is 1. The van der Waals surface area contributed by atoms with Crippen LogP contribution in [-0.2, 0) is 0 Å². The maximum atomic E-state index is 11.8. The van der Waals surface area contributed by atoms with Gasteiger partial charge in [-0.3, -0.25) is 5.32 Å². The predicted molar refractivity (Wildman–Crippen MR) is 82.0 cm³/mol. The van der Waals surface area contributed by atoms with Gasteiger partial charge in [-0.1, -0.05) is 6.92 Å². The maximum Gasteiger partial charge on any atom is 0.320 e. The summed E-state index contributed by atoms with van der Waals surface area (Å²) in [6.45, 7) is 8.84. The fraction of sp³-hybridized carbons (Fsp3) is 0.692. The minimum absolute atomic E-state index is 0.168. The van der Waals surface area contributed by atoms with Crippen LogP contribution in [0.15, 0.2) is 6.07 Å². The van der Waals surface area contributed by atoms with Crippen molar-refractivity contribution in [2.24, 2.45) is 0 Å². The van der Waals surface area contributed by atoms with Gasteiger partial charge in [0, 0.05) is 24.4 Å². The number of aromatic nitrogens is 2. The molecule has 0 aliphatic heterocycles. The van der Waals surface area contributed by atoms with Crippen molar-refractivity contribution in [3.63, 3.8) is 0 Å². The van der Waals surface area contributed by atoms with E-state index in [1.165, 1.54) is 6.42 Å². The topological polar surface area (TPSA) is 59.0 Å². The third-order valence-electron chi connectivity index (χ3n) is 2.47. The zero-order valence-electron chi connectivity index (χ0n) is 12.2. The van der Waals surface area contributed by atoms with Crippen LogP contribution >= 0.6 is 11.8 Å². The second-order valence-electron chi connectivity index (χ2n) is 4.70. The van der Waals surface area contributed by atoms with Crippen LogP contribution in [0.5, 0.6) is 0 Å². The highest BCUT2D eigenvalue weighted by molar-refractivity contribution is 7.99. The molecule has 0 aliphatic rings. The number of nitrogens with one attached hydrogen (secondary N) is 2. The molecule has 0 fully saturated rings. The van der Waals surface area contributed by atoms with E-state index in [1.807, 2.05) is 43.3 Å². The van der Waals surface area contributed by atoms with E-state index < -0.39 is 0 Å². The molecule has 0 aromatic carbocycles. The van der Waals surface area contributed by atoms with Crippen LogP contribution in [0.25, 0.3) is 0 Å². The Balaban J connectivity index is 2.40. The number of amides is 2. The van der Waals surface area contributed by atoms with Gasteiger partial charge in [-0.05, 0) is 32.9 Å². The van der Waals surface area contributed by atoms with Gasteiger partial charge in [-0.25, -0.2) is 9.48 Å². The summed E-state index contributed by atoms with van der Waals surface area (Å²) >= 11 is 1.85. The zero-order valence-corrected chi connectivity index (χ0v) is 13.0. The molecule has 6 heteroatoms. The normalized spacial score (nSPS) is 10.8. The lowest BCUT2D eigenvalue weighted by Crippen LogP contribution is -2.31. The van der Waals surface area contributed by atoms with E-state index in [9.17, 15) is 4.79 Å². The molecule has 0 unspecified atom stereocenters. The third-order valence-corrected chi connectivity index (χ3v) is 3.66. The summed E-state index contributed by atoms with van der Waals surface area (Å²) in [5.74, 6) is 2.83. The highest BCUT2D eigenvalue weighted by Gasteiger charge is 2.10. The summed E-state index contributed by atoms with van der Waals surface area (Å²) in [5.41, 5.74) is 0.905. The number of nitrogens with zero attached hydrogens (tertiary/aromatic N) is 2. The highest BCUT2D eigenvalue weighted by Crippen LogP contribution is 2.15. The van der Waals surface area contributed by atoms with Gasteiger partial charge < -0.3 is 5.32 Å². The molecule has 2 amide bonds. The maximum absolute atomic E-state index is 11.8. The Hall–Kier alpha value is -1.17. The largest absolute Gasteiger partial charge is 0.337 e. The summed E-state index contributed by atoms with van der Waals surface area (Å²) in [4.78, 5) is 11.8. The molecular formula is C13H24N4OS.